The second-order valence-electron chi connectivity index (χ2n) is 9.84. The highest BCUT2D eigenvalue weighted by atomic mass is 19.1. The van der Waals surface area contributed by atoms with Gasteiger partial charge in [-0.1, -0.05) is 6.92 Å². The molecule has 37 heavy (non-hydrogen) atoms. The first-order valence-electron chi connectivity index (χ1n) is 12.3. The molecule has 2 aromatic heterocycles. The van der Waals surface area contributed by atoms with E-state index in [0.29, 0.717) is 31.2 Å². The summed E-state index contributed by atoms with van der Waals surface area (Å²) in [5.41, 5.74) is -0.0159. The van der Waals surface area contributed by atoms with Crippen LogP contribution in [0.15, 0.2) is 24.4 Å². The van der Waals surface area contributed by atoms with Crippen molar-refractivity contribution in [3.63, 3.8) is 0 Å². The predicted molar refractivity (Wildman–Crippen MR) is 137 cm³/mol. The summed E-state index contributed by atoms with van der Waals surface area (Å²) in [6.45, 7) is 8.09. The Bertz CT molecular complexity index is 1110. The van der Waals surface area contributed by atoms with Crippen molar-refractivity contribution in [1.82, 2.24) is 15.3 Å². The normalized spacial score (nSPS) is 14.7. The molecule has 2 aromatic rings. The lowest BCUT2D eigenvalue weighted by molar-refractivity contribution is 0.0495. The van der Waals surface area contributed by atoms with Gasteiger partial charge in [-0.2, -0.15) is 5.26 Å². The van der Waals surface area contributed by atoms with E-state index in [1.165, 1.54) is 0 Å². The average Bonchev–Trinajstić information content (AvgIpc) is 3.67. The Labute approximate surface area is 216 Å². The third-order valence-corrected chi connectivity index (χ3v) is 5.64. The first-order valence-corrected chi connectivity index (χ1v) is 12.3. The van der Waals surface area contributed by atoms with Gasteiger partial charge in [-0.05, 0) is 58.1 Å². The van der Waals surface area contributed by atoms with Crippen LogP contribution in [0.2, 0.25) is 0 Å². The number of halogens is 1. The van der Waals surface area contributed by atoms with E-state index in [1.54, 1.807) is 46.2 Å². The maximum Gasteiger partial charge on any atom is 0.407 e. The van der Waals surface area contributed by atoms with Crippen LogP contribution in [0.1, 0.15) is 52.5 Å². The average molecular weight is 515 g/mol. The van der Waals surface area contributed by atoms with E-state index in [2.05, 4.69) is 25.9 Å². The molecule has 1 amide bonds. The quantitative estimate of drug-likeness (QED) is 0.343. The SMILES string of the molecule is CC[C@H](NC(=O)OC(C)(C)C)[C@H](Nc1nc(Nc2ccnc(OCCOC)c2)c(C#N)cc1F)C1CC1. The van der Waals surface area contributed by atoms with Crippen LogP contribution in [0.4, 0.5) is 26.5 Å². The monoisotopic (exact) mass is 514 g/mol. The van der Waals surface area contributed by atoms with Crippen LogP contribution in [0.3, 0.4) is 0 Å². The molecule has 1 aliphatic carbocycles. The number of methoxy groups -OCH3 is 1. The standard InChI is InChI=1S/C26H35FN6O4/c1-6-20(31-25(34)37-26(2,3)4)22(16-7-8-16)32-24-19(27)13-17(15-28)23(33-24)30-18-9-10-29-21(14-18)36-12-11-35-5/h9-10,13-14,16,20,22H,6-8,11-12H2,1-5H3,(H,31,34)(H2,29,30,32,33)/t20-,22+/m0/s1. The number of hydrogen-bond acceptors (Lipinski definition) is 9. The molecule has 11 heteroatoms. The lowest BCUT2D eigenvalue weighted by Gasteiger charge is -2.30. The fourth-order valence-electron chi connectivity index (χ4n) is 3.77. The van der Waals surface area contributed by atoms with Gasteiger partial charge < -0.3 is 30.2 Å². The molecule has 0 aromatic carbocycles. The largest absolute Gasteiger partial charge is 0.475 e. The lowest BCUT2D eigenvalue weighted by atomic mass is 10.0. The summed E-state index contributed by atoms with van der Waals surface area (Å²) in [7, 11) is 1.58. The molecule has 2 atom stereocenters. The zero-order valence-corrected chi connectivity index (χ0v) is 21.9. The van der Waals surface area contributed by atoms with Crippen LogP contribution in [-0.4, -0.2) is 54.1 Å². The van der Waals surface area contributed by atoms with Crippen LogP contribution < -0.4 is 20.7 Å². The van der Waals surface area contributed by atoms with Crippen LogP contribution >= 0.6 is 0 Å². The number of hydrogen-bond donors (Lipinski definition) is 3. The van der Waals surface area contributed by atoms with Gasteiger partial charge in [0.2, 0.25) is 5.88 Å². The Kier molecular flexibility index (Phi) is 9.47. The number of nitrogens with one attached hydrogen (secondary N) is 3. The first kappa shape index (κ1) is 27.9. The molecule has 2 heterocycles. The van der Waals surface area contributed by atoms with Crippen LogP contribution in [0, 0.1) is 23.1 Å². The van der Waals surface area contributed by atoms with Gasteiger partial charge in [0.25, 0.3) is 0 Å². The third kappa shape index (κ3) is 8.46. The second kappa shape index (κ2) is 12.5. The molecule has 10 nitrogen and oxygen atoms in total. The summed E-state index contributed by atoms with van der Waals surface area (Å²) in [4.78, 5) is 21.0. The van der Waals surface area contributed by atoms with Crippen molar-refractivity contribution in [2.24, 2.45) is 5.92 Å². The van der Waals surface area contributed by atoms with E-state index in [0.717, 1.165) is 18.9 Å². The number of carbonyl (C=O) groups is 1. The molecule has 0 radical (unpaired) electrons. The predicted octanol–water partition coefficient (Wildman–Crippen LogP) is 4.75. The molecule has 0 aliphatic heterocycles. The lowest BCUT2D eigenvalue weighted by Crippen LogP contribution is -2.49. The topological polar surface area (TPSA) is 130 Å². The highest BCUT2D eigenvalue weighted by Crippen LogP contribution is 2.37. The number of carbonyl (C=O) groups excluding carboxylic acids is 1. The van der Waals surface area contributed by atoms with Crippen molar-refractivity contribution in [2.45, 2.75) is 64.6 Å². The number of pyridine rings is 2. The van der Waals surface area contributed by atoms with Gasteiger partial charge in [0, 0.05) is 25.1 Å². The molecule has 0 unspecified atom stereocenters. The highest BCUT2D eigenvalue weighted by Gasteiger charge is 2.38. The third-order valence-electron chi connectivity index (χ3n) is 5.64. The summed E-state index contributed by atoms with van der Waals surface area (Å²) in [6.07, 6.45) is 3.55. The number of alkyl carbamates (subject to hydrolysis) is 1. The molecule has 3 N–H and O–H groups in total. The summed E-state index contributed by atoms with van der Waals surface area (Å²) >= 11 is 0. The smallest absolute Gasteiger partial charge is 0.407 e. The molecular formula is C26H35FN6O4. The molecule has 3 rings (SSSR count). The summed E-state index contributed by atoms with van der Waals surface area (Å²) < 4.78 is 31.0. The second-order valence-corrected chi connectivity index (χ2v) is 9.84. The maximum absolute atomic E-state index is 15.0. The van der Waals surface area contributed by atoms with E-state index in [-0.39, 0.29) is 35.2 Å². The molecular weight excluding hydrogens is 479 g/mol. The molecule has 1 aliphatic rings. The molecule has 1 fully saturated rings. The van der Waals surface area contributed by atoms with Crippen LogP contribution in [-0.2, 0) is 9.47 Å². The maximum atomic E-state index is 15.0. The van der Waals surface area contributed by atoms with Gasteiger partial charge in [0.1, 0.15) is 18.3 Å². The van der Waals surface area contributed by atoms with Gasteiger partial charge in [-0.25, -0.2) is 19.2 Å². The van der Waals surface area contributed by atoms with Gasteiger partial charge in [0.15, 0.2) is 17.5 Å². The van der Waals surface area contributed by atoms with E-state index in [1.807, 2.05) is 13.0 Å². The Morgan fingerprint density at radius 1 is 1.27 bits per heavy atom. The van der Waals surface area contributed by atoms with Crippen molar-refractivity contribution in [3.8, 4) is 11.9 Å². The Morgan fingerprint density at radius 3 is 2.65 bits per heavy atom. The van der Waals surface area contributed by atoms with Gasteiger partial charge >= 0.3 is 6.09 Å². The molecule has 0 bridgehead atoms. The van der Waals surface area contributed by atoms with Crippen LogP contribution in [0.25, 0.3) is 0 Å². The Hall–Kier alpha value is -3.65. The van der Waals surface area contributed by atoms with E-state index in [4.69, 9.17) is 14.2 Å². The zero-order valence-electron chi connectivity index (χ0n) is 21.9. The van der Waals surface area contributed by atoms with Gasteiger partial charge in [0.05, 0.1) is 24.3 Å². The number of aromatic nitrogens is 2. The van der Waals surface area contributed by atoms with Crippen molar-refractivity contribution < 1.29 is 23.4 Å². The fourth-order valence-corrected chi connectivity index (χ4v) is 3.77. The van der Waals surface area contributed by atoms with Crippen molar-refractivity contribution in [3.05, 3.63) is 35.8 Å². The molecule has 200 valence electrons. The summed E-state index contributed by atoms with van der Waals surface area (Å²) in [5, 5.41) is 18.8. The van der Waals surface area contributed by atoms with E-state index < -0.39 is 17.5 Å². The van der Waals surface area contributed by atoms with Crippen molar-refractivity contribution in [1.29, 1.82) is 5.26 Å². The molecule has 0 saturated heterocycles. The van der Waals surface area contributed by atoms with E-state index >= 15 is 4.39 Å². The number of rotatable bonds is 12. The number of ether oxygens (including phenoxy) is 3. The van der Waals surface area contributed by atoms with Gasteiger partial charge in [-0.15, -0.1) is 0 Å². The fraction of sp³-hybridized carbons (Fsp3) is 0.538. The van der Waals surface area contributed by atoms with E-state index in [9.17, 15) is 10.1 Å². The zero-order chi connectivity index (χ0) is 27.0. The molecule has 1 saturated carbocycles. The Balaban J connectivity index is 1.81. The van der Waals surface area contributed by atoms with Crippen LogP contribution in [0.5, 0.6) is 5.88 Å². The number of nitrogens with zero attached hydrogens (tertiary/aromatic N) is 3. The minimum absolute atomic E-state index is 0.00605. The minimum atomic E-state index is -0.654. The van der Waals surface area contributed by atoms with Gasteiger partial charge in [-0.3, -0.25) is 0 Å². The number of anilines is 3. The first-order chi connectivity index (χ1) is 17.6. The van der Waals surface area contributed by atoms with Crippen molar-refractivity contribution in [2.75, 3.05) is 31.0 Å². The summed E-state index contributed by atoms with van der Waals surface area (Å²) in [5.74, 6) is 0.142. The number of amides is 1. The Morgan fingerprint density at radius 2 is 2.03 bits per heavy atom. The minimum Gasteiger partial charge on any atom is -0.475 e. The molecule has 0 spiro atoms. The highest BCUT2D eigenvalue weighted by molar-refractivity contribution is 5.68. The number of nitriles is 1. The van der Waals surface area contributed by atoms with Crippen molar-refractivity contribution >= 4 is 23.4 Å². The summed E-state index contributed by atoms with van der Waals surface area (Å²) in [6, 6.07) is 5.90.